The van der Waals surface area contributed by atoms with E-state index in [1.165, 1.54) is 7.11 Å². The van der Waals surface area contributed by atoms with E-state index in [9.17, 15) is 13.2 Å². The van der Waals surface area contributed by atoms with Gasteiger partial charge in [0.25, 0.3) is 0 Å². The summed E-state index contributed by atoms with van der Waals surface area (Å²) in [5.41, 5.74) is -0.156. The minimum absolute atomic E-state index is 0.268. The molecule has 2 rings (SSSR count). The van der Waals surface area contributed by atoms with Crippen molar-refractivity contribution in [2.24, 2.45) is 0 Å². The Morgan fingerprint density at radius 2 is 1.86 bits per heavy atom. The number of pyridine rings is 1. The van der Waals surface area contributed by atoms with Crippen LogP contribution >= 0.6 is 0 Å². The lowest BCUT2D eigenvalue weighted by Crippen LogP contribution is -2.12. The Hall–Kier alpha value is -1.78. The number of unbranched alkanes of at least 4 members (excludes halogenated alkanes) is 3. The van der Waals surface area contributed by atoms with E-state index in [4.69, 9.17) is 4.74 Å². The molecule has 1 aromatic carbocycles. The third-order valence-electron chi connectivity index (χ3n) is 3.67. The first-order chi connectivity index (χ1) is 10.5. The Morgan fingerprint density at radius 3 is 2.50 bits per heavy atom. The monoisotopic (exact) mass is 311 g/mol. The van der Waals surface area contributed by atoms with Gasteiger partial charge in [0.1, 0.15) is 11.4 Å². The van der Waals surface area contributed by atoms with Crippen LogP contribution in [-0.2, 0) is 12.6 Å². The van der Waals surface area contributed by atoms with Crippen LogP contribution in [0.2, 0.25) is 0 Å². The van der Waals surface area contributed by atoms with Gasteiger partial charge in [-0.2, -0.15) is 13.2 Å². The van der Waals surface area contributed by atoms with Crippen molar-refractivity contribution in [1.82, 2.24) is 4.98 Å². The van der Waals surface area contributed by atoms with Crippen molar-refractivity contribution in [2.45, 2.75) is 45.2 Å². The third-order valence-corrected chi connectivity index (χ3v) is 3.67. The number of rotatable bonds is 6. The summed E-state index contributed by atoms with van der Waals surface area (Å²) in [6.07, 6.45) is -0.253. The molecule has 0 spiro atoms. The second-order valence-corrected chi connectivity index (χ2v) is 5.36. The summed E-state index contributed by atoms with van der Waals surface area (Å²) in [6, 6.07) is 6.50. The summed E-state index contributed by atoms with van der Waals surface area (Å²) in [6.45, 7) is 2.07. The molecule has 0 saturated heterocycles. The number of halogens is 3. The van der Waals surface area contributed by atoms with E-state index in [-0.39, 0.29) is 5.56 Å². The molecule has 0 atom stereocenters. The molecule has 0 aliphatic rings. The lowest BCUT2D eigenvalue weighted by molar-refractivity contribution is -0.141. The first kappa shape index (κ1) is 16.6. The van der Waals surface area contributed by atoms with Gasteiger partial charge in [0, 0.05) is 5.39 Å². The van der Waals surface area contributed by atoms with Crippen molar-refractivity contribution in [3.05, 3.63) is 35.5 Å². The Labute approximate surface area is 128 Å². The average molecular weight is 311 g/mol. The Balaban J connectivity index is 2.40. The number of hydrogen-bond donors (Lipinski definition) is 0. The molecule has 2 aromatic rings. The Bertz CT molecular complexity index is 638. The van der Waals surface area contributed by atoms with Crippen LogP contribution in [-0.4, -0.2) is 12.1 Å². The van der Waals surface area contributed by atoms with Gasteiger partial charge in [-0.3, -0.25) is 0 Å². The van der Waals surface area contributed by atoms with Gasteiger partial charge in [-0.25, -0.2) is 4.98 Å². The molecule has 0 fully saturated rings. The molecule has 0 amide bonds. The SMILES string of the molecule is CCCCCCc1cc2cc(OC)ccc2nc1C(F)(F)F. The maximum atomic E-state index is 13.2. The zero-order valence-electron chi connectivity index (χ0n) is 12.8. The van der Waals surface area contributed by atoms with E-state index < -0.39 is 11.9 Å². The topological polar surface area (TPSA) is 22.1 Å². The lowest BCUT2D eigenvalue weighted by atomic mass is 10.0. The highest BCUT2D eigenvalue weighted by Gasteiger charge is 2.35. The molecule has 0 saturated carbocycles. The summed E-state index contributed by atoms with van der Waals surface area (Å²) < 4.78 is 44.8. The summed E-state index contributed by atoms with van der Waals surface area (Å²) in [5.74, 6) is 0.617. The van der Waals surface area contributed by atoms with Crippen molar-refractivity contribution in [3.63, 3.8) is 0 Å². The molecule has 0 N–H and O–H groups in total. The van der Waals surface area contributed by atoms with Gasteiger partial charge < -0.3 is 4.74 Å². The van der Waals surface area contributed by atoms with E-state index >= 15 is 0 Å². The molecule has 0 bridgehead atoms. The second kappa shape index (κ2) is 6.99. The number of hydrogen-bond acceptors (Lipinski definition) is 2. The van der Waals surface area contributed by atoms with Crippen LogP contribution < -0.4 is 4.74 Å². The van der Waals surface area contributed by atoms with E-state index in [0.717, 1.165) is 25.7 Å². The Morgan fingerprint density at radius 1 is 1.09 bits per heavy atom. The van der Waals surface area contributed by atoms with Crippen LogP contribution in [0.25, 0.3) is 10.9 Å². The van der Waals surface area contributed by atoms with Crippen LogP contribution in [0.15, 0.2) is 24.3 Å². The van der Waals surface area contributed by atoms with E-state index in [1.54, 1.807) is 24.3 Å². The summed E-state index contributed by atoms with van der Waals surface area (Å²) in [5, 5.41) is 0.679. The first-order valence-corrected chi connectivity index (χ1v) is 7.50. The fourth-order valence-corrected chi connectivity index (χ4v) is 2.50. The first-order valence-electron chi connectivity index (χ1n) is 7.50. The highest BCUT2D eigenvalue weighted by atomic mass is 19.4. The van der Waals surface area contributed by atoms with Gasteiger partial charge in [-0.05, 0) is 42.7 Å². The van der Waals surface area contributed by atoms with Crippen LogP contribution in [0.3, 0.4) is 0 Å². The van der Waals surface area contributed by atoms with Crippen molar-refractivity contribution in [2.75, 3.05) is 7.11 Å². The predicted octanol–water partition coefficient (Wildman–Crippen LogP) is 5.39. The molecule has 22 heavy (non-hydrogen) atoms. The van der Waals surface area contributed by atoms with Crippen molar-refractivity contribution >= 4 is 10.9 Å². The number of alkyl halides is 3. The molecule has 0 aliphatic carbocycles. The molecule has 0 radical (unpaired) electrons. The highest BCUT2D eigenvalue weighted by molar-refractivity contribution is 5.81. The smallest absolute Gasteiger partial charge is 0.433 e. The van der Waals surface area contributed by atoms with Gasteiger partial charge in [-0.1, -0.05) is 26.2 Å². The highest BCUT2D eigenvalue weighted by Crippen LogP contribution is 2.34. The third kappa shape index (κ3) is 3.90. The van der Waals surface area contributed by atoms with Crippen molar-refractivity contribution < 1.29 is 17.9 Å². The molecular formula is C17H20F3NO. The zero-order chi connectivity index (χ0) is 16.2. The van der Waals surface area contributed by atoms with Crippen LogP contribution in [0.4, 0.5) is 13.2 Å². The number of benzene rings is 1. The molecule has 2 nitrogen and oxygen atoms in total. The zero-order valence-corrected chi connectivity index (χ0v) is 12.8. The maximum Gasteiger partial charge on any atom is 0.433 e. The van der Waals surface area contributed by atoms with Crippen LogP contribution in [0, 0.1) is 0 Å². The molecule has 5 heteroatoms. The summed E-state index contributed by atoms with van der Waals surface area (Å²) >= 11 is 0. The fraction of sp³-hybridized carbons (Fsp3) is 0.471. The second-order valence-electron chi connectivity index (χ2n) is 5.36. The number of aryl methyl sites for hydroxylation is 1. The van der Waals surface area contributed by atoms with E-state index in [1.807, 2.05) is 0 Å². The Kier molecular flexibility index (Phi) is 5.27. The number of aromatic nitrogens is 1. The molecule has 120 valence electrons. The van der Waals surface area contributed by atoms with E-state index in [0.29, 0.717) is 23.1 Å². The lowest BCUT2D eigenvalue weighted by Gasteiger charge is -2.14. The maximum absolute atomic E-state index is 13.2. The number of methoxy groups -OCH3 is 1. The molecule has 0 aliphatic heterocycles. The number of ether oxygens (including phenoxy) is 1. The fourth-order valence-electron chi connectivity index (χ4n) is 2.50. The van der Waals surface area contributed by atoms with Gasteiger partial charge in [0.15, 0.2) is 0 Å². The molecule has 1 aromatic heterocycles. The summed E-state index contributed by atoms with van der Waals surface area (Å²) in [7, 11) is 1.53. The van der Waals surface area contributed by atoms with Gasteiger partial charge in [-0.15, -0.1) is 0 Å². The molecular weight excluding hydrogens is 291 g/mol. The quantitative estimate of drug-likeness (QED) is 0.668. The predicted molar refractivity (Wildman–Crippen MR) is 81.1 cm³/mol. The minimum Gasteiger partial charge on any atom is -0.497 e. The largest absolute Gasteiger partial charge is 0.497 e. The minimum atomic E-state index is -4.42. The van der Waals surface area contributed by atoms with Crippen LogP contribution in [0.1, 0.15) is 43.9 Å². The average Bonchev–Trinajstić information content (AvgIpc) is 2.49. The van der Waals surface area contributed by atoms with Gasteiger partial charge >= 0.3 is 6.18 Å². The van der Waals surface area contributed by atoms with E-state index in [2.05, 4.69) is 11.9 Å². The molecule has 1 heterocycles. The van der Waals surface area contributed by atoms with Gasteiger partial charge in [0.05, 0.1) is 12.6 Å². The van der Waals surface area contributed by atoms with Crippen molar-refractivity contribution in [1.29, 1.82) is 0 Å². The number of nitrogens with zero attached hydrogens (tertiary/aromatic N) is 1. The van der Waals surface area contributed by atoms with Crippen LogP contribution in [0.5, 0.6) is 5.75 Å². The van der Waals surface area contributed by atoms with Gasteiger partial charge in [0.2, 0.25) is 0 Å². The normalized spacial score (nSPS) is 11.9. The van der Waals surface area contributed by atoms with Crippen molar-refractivity contribution in [3.8, 4) is 5.75 Å². The summed E-state index contributed by atoms with van der Waals surface area (Å²) in [4.78, 5) is 3.84. The number of fused-ring (bicyclic) bond motifs is 1. The standard InChI is InChI=1S/C17H20F3NO/c1-3-4-5-6-7-12-10-13-11-14(22-2)8-9-15(13)21-16(12)17(18,19)20/h8-11H,3-7H2,1-2H3. The molecule has 0 unspecified atom stereocenters.